The predicted octanol–water partition coefficient (Wildman–Crippen LogP) is 2.74. The third-order valence-electron chi connectivity index (χ3n) is 6.79. The molecule has 0 saturated carbocycles. The maximum Gasteiger partial charge on any atom is 0.253 e. The summed E-state index contributed by atoms with van der Waals surface area (Å²) in [6.07, 6.45) is 0. The predicted molar refractivity (Wildman–Crippen MR) is 103 cm³/mol. The zero-order chi connectivity index (χ0) is 19.8. The van der Waals surface area contributed by atoms with Crippen LogP contribution in [0.4, 0.5) is 0 Å². The number of hydrogen-bond acceptors (Lipinski definition) is 3. The highest BCUT2D eigenvalue weighted by molar-refractivity contribution is 6.09. The Bertz CT molecular complexity index is 994. The molecule has 4 aliphatic rings. The molecule has 0 unspecified atom stereocenters. The quantitative estimate of drug-likeness (QED) is 0.822. The summed E-state index contributed by atoms with van der Waals surface area (Å²) in [5.41, 5.74) is 6.42. The van der Waals surface area contributed by atoms with Gasteiger partial charge in [-0.3, -0.25) is 19.8 Å². The number of hydrogen-bond donors (Lipinski definition) is 1. The van der Waals surface area contributed by atoms with Crippen LogP contribution in [0.2, 0.25) is 0 Å². The number of carbonyl (C=O) groups is 3. The maximum absolute atomic E-state index is 13.4. The van der Waals surface area contributed by atoms with Crippen LogP contribution in [0.15, 0.2) is 48.5 Å². The van der Waals surface area contributed by atoms with Crippen molar-refractivity contribution in [2.45, 2.75) is 32.1 Å². The first-order valence-corrected chi connectivity index (χ1v) is 9.74. The van der Waals surface area contributed by atoms with Crippen molar-refractivity contribution in [1.29, 1.82) is 0 Å². The zero-order valence-corrected chi connectivity index (χ0v) is 16.1. The van der Waals surface area contributed by atoms with Crippen molar-refractivity contribution in [3.05, 3.63) is 70.8 Å². The number of carbonyl (C=O) groups excluding carboxylic acids is 3. The van der Waals surface area contributed by atoms with E-state index in [9.17, 15) is 14.4 Å². The van der Waals surface area contributed by atoms with Crippen LogP contribution in [0.5, 0.6) is 0 Å². The minimum Gasteiger partial charge on any atom is -0.273 e. The summed E-state index contributed by atoms with van der Waals surface area (Å²) >= 11 is 0. The number of benzene rings is 2. The van der Waals surface area contributed by atoms with Gasteiger partial charge in [0.25, 0.3) is 11.8 Å². The third-order valence-corrected chi connectivity index (χ3v) is 6.79. The van der Waals surface area contributed by atoms with Gasteiger partial charge in [-0.25, -0.2) is 0 Å². The van der Waals surface area contributed by atoms with Crippen molar-refractivity contribution in [3.63, 3.8) is 0 Å². The molecule has 5 nitrogen and oxygen atoms in total. The summed E-state index contributed by atoms with van der Waals surface area (Å²) in [5.74, 6) is -2.42. The lowest BCUT2D eigenvalue weighted by molar-refractivity contribution is -0.150. The first-order valence-electron chi connectivity index (χ1n) is 9.74. The number of nitrogens with one attached hydrogen (secondary N) is 1. The van der Waals surface area contributed by atoms with Crippen LogP contribution >= 0.6 is 0 Å². The molecular formula is C23H22N2O3. The SMILES string of the molecule is CC(C)C(=O)NN1C(=O)[C@@H]2C3c4ccccc4C(C)(c4ccccc43)[C@H]2C1=O. The highest BCUT2D eigenvalue weighted by atomic mass is 16.2. The molecule has 2 atom stereocenters. The lowest BCUT2D eigenvalue weighted by Gasteiger charge is -2.52. The number of rotatable bonds is 2. The summed E-state index contributed by atoms with van der Waals surface area (Å²) in [5, 5.41) is 0.987. The normalized spacial score (nSPS) is 29.6. The Morgan fingerprint density at radius 2 is 1.50 bits per heavy atom. The number of hydrazine groups is 1. The first kappa shape index (κ1) is 17.2. The lowest BCUT2D eigenvalue weighted by Crippen LogP contribution is -2.52. The molecule has 3 aliphatic carbocycles. The molecule has 0 spiro atoms. The van der Waals surface area contributed by atoms with Crippen molar-refractivity contribution in [2.24, 2.45) is 17.8 Å². The molecule has 1 saturated heterocycles. The van der Waals surface area contributed by atoms with E-state index in [4.69, 9.17) is 0 Å². The van der Waals surface area contributed by atoms with Gasteiger partial charge in [0, 0.05) is 17.3 Å². The van der Waals surface area contributed by atoms with Gasteiger partial charge in [-0.1, -0.05) is 69.3 Å². The second-order valence-corrected chi connectivity index (χ2v) is 8.50. The minimum absolute atomic E-state index is 0.170. The average Bonchev–Trinajstić information content (AvgIpc) is 2.94. The van der Waals surface area contributed by atoms with E-state index in [2.05, 4.69) is 36.6 Å². The lowest BCUT2D eigenvalue weighted by atomic mass is 9.48. The highest BCUT2D eigenvalue weighted by Crippen LogP contribution is 2.63. The van der Waals surface area contributed by atoms with E-state index < -0.39 is 17.3 Å². The second kappa shape index (κ2) is 5.53. The Labute approximate surface area is 163 Å². The summed E-state index contributed by atoms with van der Waals surface area (Å²) in [7, 11) is 0. The summed E-state index contributed by atoms with van der Waals surface area (Å²) in [6.45, 7) is 5.55. The Morgan fingerprint density at radius 1 is 0.964 bits per heavy atom. The number of imide groups is 1. The van der Waals surface area contributed by atoms with E-state index >= 15 is 0 Å². The Balaban J connectivity index is 1.71. The van der Waals surface area contributed by atoms with Crippen molar-refractivity contribution >= 4 is 17.7 Å². The fourth-order valence-corrected chi connectivity index (χ4v) is 5.50. The van der Waals surface area contributed by atoms with Gasteiger partial charge in [0.1, 0.15) is 0 Å². The fraction of sp³-hybridized carbons (Fsp3) is 0.348. The van der Waals surface area contributed by atoms with E-state index in [1.807, 2.05) is 24.3 Å². The molecule has 1 heterocycles. The fourth-order valence-electron chi connectivity index (χ4n) is 5.50. The molecule has 3 amide bonds. The summed E-state index contributed by atoms with van der Waals surface area (Å²) < 4.78 is 0. The minimum atomic E-state index is -0.601. The van der Waals surface area contributed by atoms with Gasteiger partial charge in [-0.05, 0) is 22.3 Å². The molecule has 142 valence electrons. The van der Waals surface area contributed by atoms with Gasteiger partial charge >= 0.3 is 0 Å². The van der Waals surface area contributed by atoms with Crippen LogP contribution in [0.1, 0.15) is 48.9 Å². The third kappa shape index (κ3) is 1.89. The molecule has 0 aromatic heterocycles. The standard InChI is InChI=1S/C23H22N2O3/c1-12(2)20(26)24-25-21(27)18-17-13-8-4-6-10-15(13)23(3,19(18)22(25)28)16-11-7-5-9-14(16)17/h4-12,17-19H,1-3H3,(H,24,26)/t17?,18-,19-,23?/m1/s1. The molecule has 1 fully saturated rings. The molecule has 6 rings (SSSR count). The van der Waals surface area contributed by atoms with Crippen LogP contribution in [0.3, 0.4) is 0 Å². The smallest absolute Gasteiger partial charge is 0.253 e. The monoisotopic (exact) mass is 374 g/mol. The first-order chi connectivity index (χ1) is 13.4. The van der Waals surface area contributed by atoms with Crippen LogP contribution in [-0.4, -0.2) is 22.7 Å². The topological polar surface area (TPSA) is 66.5 Å². The van der Waals surface area contributed by atoms with Gasteiger partial charge in [0.15, 0.2) is 0 Å². The average molecular weight is 374 g/mol. The zero-order valence-electron chi connectivity index (χ0n) is 16.1. The van der Waals surface area contributed by atoms with Crippen LogP contribution in [-0.2, 0) is 19.8 Å². The largest absolute Gasteiger partial charge is 0.273 e. The van der Waals surface area contributed by atoms with Crippen LogP contribution in [0.25, 0.3) is 0 Å². The molecule has 2 aromatic carbocycles. The number of nitrogens with zero attached hydrogens (tertiary/aromatic N) is 1. The van der Waals surface area contributed by atoms with Crippen molar-refractivity contribution in [2.75, 3.05) is 0 Å². The van der Waals surface area contributed by atoms with Crippen LogP contribution < -0.4 is 5.43 Å². The highest BCUT2D eigenvalue weighted by Gasteiger charge is 2.66. The summed E-state index contributed by atoms with van der Waals surface area (Å²) in [6, 6.07) is 16.2. The Morgan fingerprint density at radius 3 is 2.04 bits per heavy atom. The molecule has 2 aromatic rings. The Hall–Kier alpha value is -2.95. The molecule has 1 aliphatic heterocycles. The molecule has 5 heteroatoms. The van der Waals surface area contributed by atoms with E-state index in [0.717, 1.165) is 27.3 Å². The number of amides is 3. The Kier molecular flexibility index (Phi) is 3.39. The van der Waals surface area contributed by atoms with Gasteiger partial charge in [0.05, 0.1) is 11.8 Å². The molecule has 2 bridgehead atoms. The van der Waals surface area contributed by atoms with Gasteiger partial charge in [-0.15, -0.1) is 0 Å². The maximum atomic E-state index is 13.4. The molecule has 28 heavy (non-hydrogen) atoms. The van der Waals surface area contributed by atoms with Gasteiger partial charge in [-0.2, -0.15) is 5.01 Å². The molecular weight excluding hydrogens is 352 g/mol. The molecule has 1 N–H and O–H groups in total. The van der Waals surface area contributed by atoms with E-state index in [1.54, 1.807) is 13.8 Å². The molecule has 0 radical (unpaired) electrons. The van der Waals surface area contributed by atoms with E-state index in [-0.39, 0.29) is 29.6 Å². The van der Waals surface area contributed by atoms with Gasteiger partial charge in [0.2, 0.25) is 5.91 Å². The van der Waals surface area contributed by atoms with E-state index in [0.29, 0.717) is 0 Å². The van der Waals surface area contributed by atoms with Crippen molar-refractivity contribution in [3.8, 4) is 0 Å². The van der Waals surface area contributed by atoms with Crippen LogP contribution in [0, 0.1) is 17.8 Å². The summed E-state index contributed by atoms with van der Waals surface area (Å²) in [4.78, 5) is 39.0. The van der Waals surface area contributed by atoms with E-state index in [1.165, 1.54) is 0 Å². The van der Waals surface area contributed by atoms with Crippen molar-refractivity contribution in [1.82, 2.24) is 10.4 Å². The van der Waals surface area contributed by atoms with Gasteiger partial charge < -0.3 is 0 Å². The van der Waals surface area contributed by atoms with Crippen molar-refractivity contribution < 1.29 is 14.4 Å². The second-order valence-electron chi connectivity index (χ2n) is 8.50.